The van der Waals surface area contributed by atoms with Gasteiger partial charge >= 0.3 is 5.69 Å². The number of nitrogens with two attached hydrogens (primary N) is 1. The zero-order chi connectivity index (χ0) is 22.0. The van der Waals surface area contributed by atoms with Crippen molar-refractivity contribution in [2.24, 2.45) is 7.05 Å². The molecule has 0 radical (unpaired) electrons. The van der Waals surface area contributed by atoms with E-state index in [4.69, 9.17) is 15.5 Å². The van der Waals surface area contributed by atoms with Crippen LogP contribution in [-0.2, 0) is 22.6 Å². The van der Waals surface area contributed by atoms with E-state index in [0.29, 0.717) is 39.2 Å². The summed E-state index contributed by atoms with van der Waals surface area (Å²) in [5, 5.41) is 0.799. The van der Waals surface area contributed by atoms with Gasteiger partial charge in [-0.3, -0.25) is 4.21 Å². The molecule has 160 valence electrons. The zero-order valence-corrected chi connectivity index (χ0v) is 18.8. The molecule has 0 amide bonds. The van der Waals surface area contributed by atoms with Gasteiger partial charge in [0.15, 0.2) is 0 Å². The highest BCUT2D eigenvalue weighted by molar-refractivity contribution is 7.87. The van der Waals surface area contributed by atoms with Gasteiger partial charge < -0.3 is 15.0 Å². The zero-order valence-electron chi connectivity index (χ0n) is 17.2. The molecular formula is C22H22N4O3S2. The molecule has 3 heterocycles. The van der Waals surface area contributed by atoms with Gasteiger partial charge in [0, 0.05) is 49.9 Å². The van der Waals surface area contributed by atoms with Crippen molar-refractivity contribution in [1.29, 1.82) is 0 Å². The lowest BCUT2D eigenvalue weighted by Gasteiger charge is -2.09. The first kappa shape index (κ1) is 21.4. The molecule has 0 aliphatic heterocycles. The molecule has 31 heavy (non-hydrogen) atoms. The van der Waals surface area contributed by atoms with E-state index in [1.54, 1.807) is 20.4 Å². The first-order chi connectivity index (χ1) is 15.0. The normalized spacial score (nSPS) is 12.3. The standard InChI is InChI=1S/C22H22N4O3S2/c1-26-13-15(12-24-22(26)27)17-11-16(14-7-4-3-5-8-14)18-19(23)21(30-20(18)25-17)31(28)10-6-9-29-2/h3-5,7-8,11-13H,6,9-10,23H2,1-2H3. The summed E-state index contributed by atoms with van der Waals surface area (Å²) in [6, 6.07) is 11.8. The fourth-order valence-electron chi connectivity index (χ4n) is 3.34. The van der Waals surface area contributed by atoms with Gasteiger partial charge in [-0.2, -0.15) is 0 Å². The number of hydrogen-bond acceptors (Lipinski definition) is 7. The first-order valence-corrected chi connectivity index (χ1v) is 11.8. The molecule has 0 bridgehead atoms. The maximum absolute atomic E-state index is 12.9. The largest absolute Gasteiger partial charge is 0.396 e. The van der Waals surface area contributed by atoms with Gasteiger partial charge in [-0.25, -0.2) is 14.8 Å². The van der Waals surface area contributed by atoms with E-state index >= 15 is 0 Å². The molecular weight excluding hydrogens is 432 g/mol. The van der Waals surface area contributed by atoms with Crippen LogP contribution in [0.15, 0.2) is 57.8 Å². The molecule has 0 saturated carbocycles. The Labute approximate surface area is 186 Å². The van der Waals surface area contributed by atoms with Crippen LogP contribution >= 0.6 is 11.3 Å². The van der Waals surface area contributed by atoms with Crippen LogP contribution in [0.4, 0.5) is 5.69 Å². The Hall–Kier alpha value is -2.88. The van der Waals surface area contributed by atoms with Gasteiger partial charge in [0.2, 0.25) is 0 Å². The van der Waals surface area contributed by atoms with E-state index in [1.807, 2.05) is 36.4 Å². The lowest BCUT2D eigenvalue weighted by Crippen LogP contribution is -2.18. The summed E-state index contributed by atoms with van der Waals surface area (Å²) < 4.78 is 20.0. The predicted molar refractivity (Wildman–Crippen MR) is 126 cm³/mol. The molecule has 2 N–H and O–H groups in total. The number of methoxy groups -OCH3 is 1. The van der Waals surface area contributed by atoms with Crippen LogP contribution in [0, 0.1) is 0 Å². The monoisotopic (exact) mass is 454 g/mol. The van der Waals surface area contributed by atoms with Crippen molar-refractivity contribution in [3.8, 4) is 22.4 Å². The van der Waals surface area contributed by atoms with Crippen LogP contribution in [0.1, 0.15) is 6.42 Å². The Morgan fingerprint density at radius 3 is 2.71 bits per heavy atom. The summed E-state index contributed by atoms with van der Waals surface area (Å²) in [6.07, 6.45) is 3.91. The molecule has 3 aromatic heterocycles. The highest BCUT2D eigenvalue weighted by Gasteiger charge is 2.21. The number of aromatic nitrogens is 3. The number of pyridine rings is 1. The fraction of sp³-hybridized carbons (Fsp3) is 0.227. The number of thiophene rings is 1. The van der Waals surface area contributed by atoms with Gasteiger partial charge in [0.25, 0.3) is 0 Å². The van der Waals surface area contributed by atoms with Crippen molar-refractivity contribution < 1.29 is 8.95 Å². The van der Waals surface area contributed by atoms with Crippen LogP contribution in [0.5, 0.6) is 0 Å². The molecule has 4 aromatic rings. The van der Waals surface area contributed by atoms with Crippen LogP contribution in [0.25, 0.3) is 32.6 Å². The van der Waals surface area contributed by atoms with Crippen molar-refractivity contribution >= 4 is 38.0 Å². The maximum atomic E-state index is 12.9. The third-order valence-electron chi connectivity index (χ3n) is 4.88. The van der Waals surface area contributed by atoms with Gasteiger partial charge in [-0.05, 0) is 23.6 Å². The molecule has 7 nitrogen and oxygen atoms in total. The number of hydrogen-bond donors (Lipinski definition) is 1. The molecule has 0 spiro atoms. The van der Waals surface area contributed by atoms with Crippen molar-refractivity contribution in [3.63, 3.8) is 0 Å². The van der Waals surface area contributed by atoms with Gasteiger partial charge in [-0.1, -0.05) is 30.3 Å². The average molecular weight is 455 g/mol. The summed E-state index contributed by atoms with van der Waals surface area (Å²) in [6.45, 7) is 0.550. The minimum atomic E-state index is -1.24. The summed E-state index contributed by atoms with van der Waals surface area (Å²) in [5.74, 6) is 0.475. The van der Waals surface area contributed by atoms with Crippen molar-refractivity contribution in [3.05, 3.63) is 59.3 Å². The number of ether oxygens (including phenoxy) is 1. The number of benzene rings is 1. The number of nitrogen functional groups attached to an aromatic ring is 1. The number of aryl methyl sites for hydroxylation is 1. The quantitative estimate of drug-likeness (QED) is 0.429. The third kappa shape index (κ3) is 4.30. The second-order valence-corrected chi connectivity index (χ2v) is 9.80. The molecule has 0 fully saturated rings. The van der Waals surface area contributed by atoms with Crippen LogP contribution in [-0.4, -0.2) is 38.2 Å². The summed E-state index contributed by atoms with van der Waals surface area (Å²) in [7, 11) is 2.04. The lowest BCUT2D eigenvalue weighted by atomic mass is 10.0. The van der Waals surface area contributed by atoms with E-state index in [2.05, 4.69) is 4.98 Å². The first-order valence-electron chi connectivity index (χ1n) is 9.68. The number of anilines is 1. The van der Waals surface area contributed by atoms with Crippen molar-refractivity contribution in [2.75, 3.05) is 25.2 Å². The topological polar surface area (TPSA) is 100 Å². The van der Waals surface area contributed by atoms with Crippen LogP contribution < -0.4 is 11.4 Å². The average Bonchev–Trinajstić information content (AvgIpc) is 3.12. The Morgan fingerprint density at radius 2 is 2.00 bits per heavy atom. The minimum absolute atomic E-state index is 0.331. The molecule has 4 rings (SSSR count). The number of fused-ring (bicyclic) bond motifs is 1. The molecule has 0 aliphatic rings. The second-order valence-electron chi connectivity index (χ2n) is 7.04. The van der Waals surface area contributed by atoms with Crippen molar-refractivity contribution in [1.82, 2.24) is 14.5 Å². The minimum Gasteiger partial charge on any atom is -0.396 e. The van der Waals surface area contributed by atoms with E-state index in [-0.39, 0.29) is 5.69 Å². The highest BCUT2D eigenvalue weighted by Crippen LogP contribution is 2.42. The Kier molecular flexibility index (Phi) is 6.26. The van der Waals surface area contributed by atoms with Crippen molar-refractivity contribution in [2.45, 2.75) is 10.6 Å². The van der Waals surface area contributed by atoms with Gasteiger partial charge in [0.1, 0.15) is 9.04 Å². The van der Waals surface area contributed by atoms with Gasteiger partial charge in [-0.15, -0.1) is 11.3 Å². The molecule has 9 heteroatoms. The Morgan fingerprint density at radius 1 is 1.23 bits per heavy atom. The lowest BCUT2D eigenvalue weighted by molar-refractivity contribution is 0.200. The second kappa shape index (κ2) is 9.09. The molecule has 0 aliphatic carbocycles. The predicted octanol–water partition coefficient (Wildman–Crippen LogP) is 3.45. The number of nitrogens with zero attached hydrogens (tertiary/aromatic N) is 3. The van der Waals surface area contributed by atoms with E-state index in [1.165, 1.54) is 22.1 Å². The third-order valence-corrected chi connectivity index (χ3v) is 7.87. The summed E-state index contributed by atoms with van der Waals surface area (Å²) >= 11 is 1.35. The summed E-state index contributed by atoms with van der Waals surface area (Å²) in [5.41, 5.74) is 9.96. The Bertz CT molecular complexity index is 1320. The van der Waals surface area contributed by atoms with Gasteiger partial charge in [0.05, 0.1) is 22.2 Å². The number of rotatable bonds is 7. The highest BCUT2D eigenvalue weighted by atomic mass is 32.2. The van der Waals surface area contributed by atoms with E-state index < -0.39 is 10.8 Å². The van der Waals surface area contributed by atoms with E-state index in [9.17, 15) is 9.00 Å². The summed E-state index contributed by atoms with van der Waals surface area (Å²) in [4.78, 5) is 21.1. The SMILES string of the molecule is COCCCS(=O)c1sc2nc(-c3cnc(=O)n(C)c3)cc(-c3ccccc3)c2c1N. The van der Waals surface area contributed by atoms with Crippen LogP contribution in [0.3, 0.4) is 0 Å². The smallest absolute Gasteiger partial charge is 0.347 e. The molecule has 1 atom stereocenters. The molecule has 0 saturated heterocycles. The Balaban J connectivity index is 1.91. The van der Waals surface area contributed by atoms with E-state index in [0.717, 1.165) is 22.1 Å². The van der Waals surface area contributed by atoms with Crippen LogP contribution in [0.2, 0.25) is 0 Å². The molecule has 1 unspecified atom stereocenters. The fourth-order valence-corrected chi connectivity index (χ4v) is 5.96. The molecule has 1 aromatic carbocycles. The maximum Gasteiger partial charge on any atom is 0.347 e.